The Morgan fingerprint density at radius 2 is 1.67 bits per heavy atom. The Balaban J connectivity index is 1.33. The van der Waals surface area contributed by atoms with Gasteiger partial charge in [-0.1, -0.05) is 60.1 Å². The molecule has 336 valence electrons. The van der Waals surface area contributed by atoms with Gasteiger partial charge in [0.25, 0.3) is 0 Å². The molecule has 1 aromatic rings. The first-order chi connectivity index (χ1) is 28.1. The molecule has 0 radical (unpaired) electrons. The number of hydrogen-bond donors (Lipinski definition) is 1. The number of carbonyl (C=O) groups excluding carboxylic acids is 2. The van der Waals surface area contributed by atoms with E-state index in [0.717, 1.165) is 82.3 Å². The van der Waals surface area contributed by atoms with Crippen molar-refractivity contribution in [2.75, 3.05) is 54.1 Å². The minimum Gasteiger partial charge on any atom is -0.481 e. The number of ketones is 1. The van der Waals surface area contributed by atoms with Crippen LogP contribution >= 0.6 is 0 Å². The number of esters is 1. The second-order valence-corrected chi connectivity index (χ2v) is 22.3. The summed E-state index contributed by atoms with van der Waals surface area (Å²) in [4.78, 5) is 49.2. The van der Waals surface area contributed by atoms with E-state index in [1.807, 2.05) is 12.3 Å². The molecule has 0 amide bonds. The molecule has 60 heavy (non-hydrogen) atoms. The Morgan fingerprint density at radius 1 is 0.933 bits per heavy atom. The highest BCUT2D eigenvalue weighted by molar-refractivity contribution is 6.00. The van der Waals surface area contributed by atoms with Crippen molar-refractivity contribution in [2.45, 2.75) is 145 Å². The summed E-state index contributed by atoms with van der Waals surface area (Å²) in [7, 11) is 5.97. The van der Waals surface area contributed by atoms with E-state index in [1.165, 1.54) is 5.57 Å². The maximum atomic E-state index is 14.6. The highest BCUT2D eigenvalue weighted by atomic mass is 16.5. The van der Waals surface area contributed by atoms with E-state index in [-0.39, 0.29) is 51.6 Å². The molecular weight excluding hydrogens is 755 g/mol. The van der Waals surface area contributed by atoms with Crippen LogP contribution in [0, 0.1) is 56.2 Å². The zero-order valence-corrected chi connectivity index (χ0v) is 39.3. The van der Waals surface area contributed by atoms with Crippen molar-refractivity contribution in [3.63, 3.8) is 0 Å². The van der Waals surface area contributed by atoms with Crippen LogP contribution in [0.1, 0.15) is 132 Å². The molecule has 4 saturated carbocycles. The lowest BCUT2D eigenvalue weighted by atomic mass is 9.33. The molecule has 0 unspecified atom stereocenters. The Hall–Kier alpha value is -2.66. The number of carbonyl (C=O) groups is 3. The first kappa shape index (κ1) is 46.8. The summed E-state index contributed by atoms with van der Waals surface area (Å²) in [6, 6.07) is 6.13. The SMILES string of the molecule is COCCO[C@@H](CN(CCN(C)C)Cc1ccccn1)[C@@]12CC[C@]3(C)[C@H](CC[C@@H]4[C@@]5(C)CC[C@H](OC(=O)CC(C)(C)C(=O)O)C(C)(C)[C@H]5CC[C@]43C)C1=C(C(C)C)C(=O)C2. The van der Waals surface area contributed by atoms with E-state index in [1.54, 1.807) is 21.0 Å². The van der Waals surface area contributed by atoms with E-state index in [2.05, 4.69) is 84.5 Å². The summed E-state index contributed by atoms with van der Waals surface area (Å²) >= 11 is 0. The third-order valence-electron chi connectivity index (χ3n) is 17.5. The molecule has 10 heteroatoms. The van der Waals surface area contributed by atoms with Crippen molar-refractivity contribution in [1.29, 1.82) is 0 Å². The van der Waals surface area contributed by atoms with Crippen LogP contribution in [0.4, 0.5) is 0 Å². The number of methoxy groups -OCH3 is 1. The Bertz CT molecular complexity index is 1760. The fraction of sp³-hybridized carbons (Fsp3) is 0.800. The van der Waals surface area contributed by atoms with E-state index < -0.39 is 17.4 Å². The minimum absolute atomic E-state index is 0.000982. The molecule has 5 aliphatic carbocycles. The maximum Gasteiger partial charge on any atom is 0.309 e. The minimum atomic E-state index is -1.17. The first-order valence-corrected chi connectivity index (χ1v) is 23.2. The molecule has 9 atom stereocenters. The molecule has 1 heterocycles. The van der Waals surface area contributed by atoms with Crippen LogP contribution in [0.25, 0.3) is 0 Å². The molecule has 10 nitrogen and oxygen atoms in total. The molecule has 1 aromatic heterocycles. The second-order valence-electron chi connectivity index (χ2n) is 22.3. The summed E-state index contributed by atoms with van der Waals surface area (Å²) in [5.41, 5.74) is 1.87. The number of aliphatic carboxylic acids is 1. The number of nitrogens with zero attached hydrogens (tertiary/aromatic N) is 3. The summed E-state index contributed by atoms with van der Waals surface area (Å²) in [6.45, 7) is 24.2. The molecule has 0 saturated heterocycles. The van der Waals surface area contributed by atoms with Crippen LogP contribution in [0.2, 0.25) is 0 Å². The standard InChI is InChI=1S/C50H79N3O7/c1-33(2)42-36(54)29-50(40(59-28-27-58-12)32-53(26-25-52(10)11)31-34-15-13-14-24-51-34)23-22-48(8)35(43(42)50)16-17-38-47(7)20-19-39(60-41(55)30-45(3,4)44(56)57)46(5,6)37(47)18-21-49(38,48)9/h13-15,24,33,35,37-40H,16-23,25-32H2,1-12H3,(H,56,57)/t35-,37-,38-,39+,40+,47+,48-,49-,50+/m1/s1. The van der Waals surface area contributed by atoms with Crippen molar-refractivity contribution >= 4 is 17.7 Å². The highest BCUT2D eigenvalue weighted by Crippen LogP contribution is 2.77. The van der Waals surface area contributed by atoms with Crippen LogP contribution in [0.15, 0.2) is 35.5 Å². The van der Waals surface area contributed by atoms with Crippen LogP contribution in [0.3, 0.4) is 0 Å². The largest absolute Gasteiger partial charge is 0.481 e. The van der Waals surface area contributed by atoms with Gasteiger partial charge in [0.1, 0.15) is 6.10 Å². The first-order valence-electron chi connectivity index (χ1n) is 23.2. The zero-order chi connectivity index (χ0) is 44.1. The number of carboxylic acids is 1. The molecule has 1 N–H and O–H groups in total. The van der Waals surface area contributed by atoms with Gasteiger partial charge in [0.15, 0.2) is 5.78 Å². The van der Waals surface area contributed by atoms with Crippen molar-refractivity contribution in [2.24, 2.45) is 56.2 Å². The van der Waals surface area contributed by atoms with Gasteiger partial charge in [-0.15, -0.1) is 0 Å². The van der Waals surface area contributed by atoms with Gasteiger partial charge in [-0.25, -0.2) is 0 Å². The van der Waals surface area contributed by atoms with Crippen molar-refractivity contribution in [3.8, 4) is 0 Å². The summed E-state index contributed by atoms with van der Waals surface area (Å²) in [5, 5.41) is 9.69. The van der Waals surface area contributed by atoms with Gasteiger partial charge >= 0.3 is 11.9 Å². The molecule has 4 fully saturated rings. The number of ether oxygens (including phenoxy) is 3. The van der Waals surface area contributed by atoms with Gasteiger partial charge in [0, 0.05) is 56.7 Å². The Labute approximate surface area is 361 Å². The van der Waals surface area contributed by atoms with E-state index in [4.69, 9.17) is 19.2 Å². The number of allylic oxidation sites excluding steroid dienone is 1. The lowest BCUT2D eigenvalue weighted by Crippen LogP contribution is -2.66. The third kappa shape index (κ3) is 8.30. The second kappa shape index (κ2) is 17.5. The fourth-order valence-corrected chi connectivity index (χ4v) is 14.1. The number of Topliss-reactive ketones (excluding diaryl/α,β-unsaturated/α-hetero) is 1. The molecule has 0 aromatic carbocycles. The molecule has 0 spiro atoms. The fourth-order valence-electron chi connectivity index (χ4n) is 14.1. The lowest BCUT2D eigenvalue weighted by molar-refractivity contribution is -0.236. The van der Waals surface area contributed by atoms with Gasteiger partial charge in [-0.2, -0.15) is 0 Å². The summed E-state index contributed by atoms with van der Waals surface area (Å²) < 4.78 is 18.9. The van der Waals surface area contributed by atoms with E-state index in [9.17, 15) is 19.5 Å². The van der Waals surface area contributed by atoms with Gasteiger partial charge in [-0.05, 0) is 137 Å². The predicted octanol–water partition coefficient (Wildman–Crippen LogP) is 8.87. The number of likely N-dealkylation sites (N-methyl/N-ethyl adjacent to an activating group) is 1. The van der Waals surface area contributed by atoms with Crippen LogP contribution < -0.4 is 0 Å². The third-order valence-corrected chi connectivity index (χ3v) is 17.5. The lowest BCUT2D eigenvalue weighted by Gasteiger charge is -2.72. The summed E-state index contributed by atoms with van der Waals surface area (Å²) in [6.07, 6.45) is 9.93. The molecule has 5 aliphatic rings. The monoisotopic (exact) mass is 834 g/mol. The number of rotatable bonds is 17. The van der Waals surface area contributed by atoms with Crippen molar-refractivity contribution in [3.05, 3.63) is 41.2 Å². The summed E-state index contributed by atoms with van der Waals surface area (Å²) in [5.74, 6) is 0.208. The number of fused-ring (bicyclic) bond motifs is 7. The molecule has 6 rings (SSSR count). The van der Waals surface area contributed by atoms with Crippen LogP contribution in [0.5, 0.6) is 0 Å². The average Bonchev–Trinajstić information content (AvgIpc) is 3.48. The number of carboxylic acid groups (broad SMARTS) is 1. The topological polar surface area (TPSA) is 118 Å². The maximum absolute atomic E-state index is 14.6. The number of hydrogen-bond acceptors (Lipinski definition) is 9. The quantitative estimate of drug-likeness (QED) is 0.121. The number of pyridine rings is 1. The van der Waals surface area contributed by atoms with Gasteiger partial charge in [0.2, 0.25) is 0 Å². The van der Waals surface area contributed by atoms with Crippen LogP contribution in [-0.2, 0) is 35.1 Å². The zero-order valence-electron chi connectivity index (χ0n) is 39.3. The van der Waals surface area contributed by atoms with Crippen molar-refractivity contribution in [1.82, 2.24) is 14.8 Å². The number of aromatic nitrogens is 1. The van der Waals surface area contributed by atoms with Crippen LogP contribution in [-0.4, -0.2) is 104 Å². The normalized spacial score (nSPS) is 34.3. The average molecular weight is 834 g/mol. The van der Waals surface area contributed by atoms with Crippen molar-refractivity contribution < 1.29 is 33.7 Å². The van der Waals surface area contributed by atoms with E-state index in [0.29, 0.717) is 49.7 Å². The van der Waals surface area contributed by atoms with Gasteiger partial charge in [-0.3, -0.25) is 24.3 Å². The Morgan fingerprint density at radius 3 is 2.30 bits per heavy atom. The predicted molar refractivity (Wildman–Crippen MR) is 235 cm³/mol. The molecular formula is C50H79N3O7. The molecule has 0 aliphatic heterocycles. The highest BCUT2D eigenvalue weighted by Gasteiger charge is 2.71. The van der Waals surface area contributed by atoms with E-state index >= 15 is 0 Å². The molecule has 0 bridgehead atoms. The van der Waals surface area contributed by atoms with Gasteiger partial charge < -0.3 is 24.2 Å². The Kier molecular flexibility index (Phi) is 13.6. The van der Waals surface area contributed by atoms with Gasteiger partial charge in [0.05, 0.1) is 36.8 Å². The smallest absolute Gasteiger partial charge is 0.309 e.